The summed E-state index contributed by atoms with van der Waals surface area (Å²) in [5.41, 5.74) is 6.63. The fraction of sp³-hybridized carbons (Fsp3) is 0.143. The molecule has 1 amide bonds. The Morgan fingerprint density at radius 2 is 2.33 bits per heavy atom. The first kappa shape index (κ1) is 14.1. The van der Waals surface area contributed by atoms with E-state index in [-0.39, 0.29) is 5.91 Å². The number of nitrogens with two attached hydrogens (primary N) is 1. The Morgan fingerprint density at radius 3 is 3.10 bits per heavy atom. The zero-order chi connectivity index (χ0) is 14.8. The molecular weight excluding hydrogens is 352 g/mol. The third kappa shape index (κ3) is 2.93. The van der Waals surface area contributed by atoms with Crippen LogP contribution in [0.15, 0.2) is 41.4 Å². The Kier molecular flexibility index (Phi) is 3.94. The van der Waals surface area contributed by atoms with Gasteiger partial charge in [0.2, 0.25) is 0 Å². The van der Waals surface area contributed by atoms with Gasteiger partial charge in [0, 0.05) is 40.0 Å². The summed E-state index contributed by atoms with van der Waals surface area (Å²) >= 11 is 4.83. The highest BCUT2D eigenvalue weighted by Gasteiger charge is 2.16. The van der Waals surface area contributed by atoms with Gasteiger partial charge in [-0.2, -0.15) is 0 Å². The summed E-state index contributed by atoms with van der Waals surface area (Å²) < 4.78 is 3.87. The number of thiophene rings is 1. The minimum absolute atomic E-state index is 0.134. The average Bonchev–Trinajstić information content (AvgIpc) is 3.08. The molecule has 3 aromatic rings. The summed E-state index contributed by atoms with van der Waals surface area (Å²) in [5, 5.41) is 3.80. The van der Waals surface area contributed by atoms with E-state index in [1.54, 1.807) is 12.5 Å². The number of benzene rings is 1. The van der Waals surface area contributed by atoms with Crippen LogP contribution in [-0.2, 0) is 6.54 Å². The van der Waals surface area contributed by atoms with Crippen molar-refractivity contribution < 1.29 is 4.79 Å². The summed E-state index contributed by atoms with van der Waals surface area (Å²) in [4.78, 5) is 16.8. The largest absolute Gasteiger partial charge is 0.397 e. The van der Waals surface area contributed by atoms with Crippen LogP contribution in [0.3, 0.4) is 0 Å². The van der Waals surface area contributed by atoms with Crippen molar-refractivity contribution in [3.8, 4) is 0 Å². The second-order valence-corrected chi connectivity index (χ2v) is 6.51. The smallest absolute Gasteiger partial charge is 0.263 e. The van der Waals surface area contributed by atoms with Crippen LogP contribution in [0.5, 0.6) is 0 Å². The fourth-order valence-corrected chi connectivity index (χ4v) is 3.44. The number of amides is 1. The minimum Gasteiger partial charge on any atom is -0.397 e. The number of halogens is 1. The standard InChI is InChI=1S/C14H13BrN4OS/c15-9-1-2-11-10(7-9)12(16)13(21-11)14(20)18-4-6-19-5-3-17-8-19/h1-3,5,7-8H,4,6,16H2,(H,18,20). The number of imidazole rings is 1. The van der Waals surface area contributed by atoms with Crippen molar-refractivity contribution >= 4 is 48.9 Å². The van der Waals surface area contributed by atoms with E-state index >= 15 is 0 Å². The number of hydrogen-bond acceptors (Lipinski definition) is 4. The van der Waals surface area contributed by atoms with Crippen molar-refractivity contribution in [1.82, 2.24) is 14.9 Å². The summed E-state index contributed by atoms with van der Waals surface area (Å²) in [6, 6.07) is 5.84. The lowest BCUT2D eigenvalue weighted by atomic mass is 10.2. The highest BCUT2D eigenvalue weighted by Crippen LogP contribution is 2.35. The fourth-order valence-electron chi connectivity index (χ4n) is 2.06. The monoisotopic (exact) mass is 364 g/mol. The Morgan fingerprint density at radius 1 is 1.48 bits per heavy atom. The molecule has 0 unspecified atom stereocenters. The summed E-state index contributed by atoms with van der Waals surface area (Å²) in [6.45, 7) is 1.22. The number of rotatable bonds is 4. The van der Waals surface area contributed by atoms with Crippen molar-refractivity contribution in [1.29, 1.82) is 0 Å². The lowest BCUT2D eigenvalue weighted by Crippen LogP contribution is -2.26. The highest BCUT2D eigenvalue weighted by molar-refractivity contribution is 9.10. The summed E-state index contributed by atoms with van der Waals surface area (Å²) in [5.74, 6) is -0.134. The number of nitrogens with zero attached hydrogens (tertiary/aromatic N) is 2. The lowest BCUT2D eigenvalue weighted by Gasteiger charge is -2.05. The van der Waals surface area contributed by atoms with Gasteiger partial charge in [0.05, 0.1) is 12.0 Å². The van der Waals surface area contributed by atoms with Gasteiger partial charge in [-0.05, 0) is 18.2 Å². The maximum atomic E-state index is 12.2. The van der Waals surface area contributed by atoms with Crippen LogP contribution in [0.25, 0.3) is 10.1 Å². The minimum atomic E-state index is -0.134. The molecule has 5 nitrogen and oxygen atoms in total. The molecule has 0 spiro atoms. The van der Waals surface area contributed by atoms with Gasteiger partial charge in [-0.25, -0.2) is 4.98 Å². The lowest BCUT2D eigenvalue weighted by molar-refractivity contribution is 0.0957. The molecule has 108 valence electrons. The second-order valence-electron chi connectivity index (χ2n) is 4.54. The number of aromatic nitrogens is 2. The maximum absolute atomic E-state index is 12.2. The molecule has 0 aliphatic rings. The molecule has 2 heterocycles. The number of carbonyl (C=O) groups is 1. The first-order valence-electron chi connectivity index (χ1n) is 6.36. The Bertz CT molecular complexity index is 782. The highest BCUT2D eigenvalue weighted by atomic mass is 79.9. The Balaban J connectivity index is 1.73. The number of nitrogens with one attached hydrogen (secondary N) is 1. The molecule has 1 aromatic carbocycles. The van der Waals surface area contributed by atoms with Crippen molar-refractivity contribution in [2.24, 2.45) is 0 Å². The van der Waals surface area contributed by atoms with Crippen molar-refractivity contribution in [3.63, 3.8) is 0 Å². The quantitative estimate of drug-likeness (QED) is 0.747. The first-order valence-corrected chi connectivity index (χ1v) is 7.97. The van der Waals surface area contributed by atoms with Gasteiger partial charge in [0.25, 0.3) is 5.91 Å². The molecule has 3 rings (SSSR count). The van der Waals surface area contributed by atoms with E-state index in [2.05, 4.69) is 26.2 Å². The van der Waals surface area contributed by atoms with Gasteiger partial charge < -0.3 is 15.6 Å². The summed E-state index contributed by atoms with van der Waals surface area (Å²) in [6.07, 6.45) is 5.29. The number of anilines is 1. The van der Waals surface area contributed by atoms with Gasteiger partial charge in [0.15, 0.2) is 0 Å². The van der Waals surface area contributed by atoms with E-state index in [0.29, 0.717) is 23.7 Å². The van der Waals surface area contributed by atoms with Crippen LogP contribution >= 0.6 is 27.3 Å². The molecule has 7 heteroatoms. The van der Waals surface area contributed by atoms with E-state index in [1.807, 2.05) is 29.0 Å². The predicted octanol–water partition coefficient (Wildman–Crippen LogP) is 2.87. The number of carbonyl (C=O) groups excluding carboxylic acids is 1. The Labute approximate surface area is 133 Å². The molecule has 3 N–H and O–H groups in total. The topological polar surface area (TPSA) is 72.9 Å². The number of fused-ring (bicyclic) bond motifs is 1. The zero-order valence-electron chi connectivity index (χ0n) is 11.0. The molecule has 0 bridgehead atoms. The number of nitrogen functional groups attached to an aromatic ring is 1. The molecule has 0 saturated carbocycles. The van der Waals surface area contributed by atoms with Crippen LogP contribution in [0.1, 0.15) is 9.67 Å². The van der Waals surface area contributed by atoms with E-state index in [9.17, 15) is 4.79 Å². The van der Waals surface area contributed by atoms with Crippen molar-refractivity contribution in [2.75, 3.05) is 12.3 Å². The Hall–Kier alpha value is -1.86. The van der Waals surface area contributed by atoms with Gasteiger partial charge in [-0.15, -0.1) is 11.3 Å². The molecule has 0 aliphatic heterocycles. The summed E-state index contributed by atoms with van der Waals surface area (Å²) in [7, 11) is 0. The van der Waals surface area contributed by atoms with E-state index in [1.165, 1.54) is 11.3 Å². The molecule has 0 fully saturated rings. The third-order valence-electron chi connectivity index (χ3n) is 3.11. The van der Waals surface area contributed by atoms with Gasteiger partial charge in [0.1, 0.15) is 4.88 Å². The van der Waals surface area contributed by atoms with E-state index in [0.717, 1.165) is 14.6 Å². The molecule has 0 saturated heterocycles. The van der Waals surface area contributed by atoms with Crippen LogP contribution < -0.4 is 11.1 Å². The van der Waals surface area contributed by atoms with Gasteiger partial charge in [-0.1, -0.05) is 15.9 Å². The second kappa shape index (κ2) is 5.87. The first-order chi connectivity index (χ1) is 10.1. The molecule has 2 aromatic heterocycles. The van der Waals surface area contributed by atoms with Crippen LogP contribution in [0, 0.1) is 0 Å². The third-order valence-corrected chi connectivity index (χ3v) is 4.79. The van der Waals surface area contributed by atoms with Crippen molar-refractivity contribution in [2.45, 2.75) is 6.54 Å². The molecule has 21 heavy (non-hydrogen) atoms. The van der Waals surface area contributed by atoms with Crippen LogP contribution in [-0.4, -0.2) is 22.0 Å². The molecule has 0 aliphatic carbocycles. The normalized spacial score (nSPS) is 10.9. The average molecular weight is 365 g/mol. The molecule has 0 atom stereocenters. The van der Waals surface area contributed by atoms with E-state index in [4.69, 9.17) is 5.73 Å². The predicted molar refractivity (Wildman–Crippen MR) is 88.5 cm³/mol. The maximum Gasteiger partial charge on any atom is 0.263 e. The van der Waals surface area contributed by atoms with E-state index < -0.39 is 0 Å². The zero-order valence-corrected chi connectivity index (χ0v) is 13.4. The molecule has 0 radical (unpaired) electrons. The van der Waals surface area contributed by atoms with Crippen molar-refractivity contribution in [3.05, 3.63) is 46.3 Å². The van der Waals surface area contributed by atoms with Crippen LogP contribution in [0.2, 0.25) is 0 Å². The SMILES string of the molecule is Nc1c(C(=O)NCCn2ccnc2)sc2ccc(Br)cc12. The number of hydrogen-bond donors (Lipinski definition) is 2. The van der Waals surface area contributed by atoms with Gasteiger partial charge >= 0.3 is 0 Å². The van der Waals surface area contributed by atoms with Crippen LogP contribution in [0.4, 0.5) is 5.69 Å². The van der Waals surface area contributed by atoms with Gasteiger partial charge in [-0.3, -0.25) is 4.79 Å². The molecular formula is C14H13BrN4OS.